The molecule has 1 fully saturated rings. The predicted molar refractivity (Wildman–Crippen MR) is 59.9 cm³/mol. The van der Waals surface area contributed by atoms with Gasteiger partial charge in [-0.25, -0.2) is 0 Å². The van der Waals surface area contributed by atoms with Crippen molar-refractivity contribution in [1.82, 2.24) is 0 Å². The van der Waals surface area contributed by atoms with E-state index >= 15 is 0 Å². The van der Waals surface area contributed by atoms with Crippen LogP contribution in [0, 0.1) is 5.92 Å². The molecule has 0 aromatic heterocycles. The standard InChI is InChI=1S/C12H24O3/c1-3-5-11(15-4-2)12(13)10-6-8-14-9-7-10/h10-13H,3-9H2,1-2H3. The second-order valence-electron chi connectivity index (χ2n) is 4.22. The van der Waals surface area contributed by atoms with Crippen LogP contribution in [-0.4, -0.2) is 37.1 Å². The first-order valence-corrected chi connectivity index (χ1v) is 6.17. The summed E-state index contributed by atoms with van der Waals surface area (Å²) < 4.78 is 10.9. The number of aliphatic hydroxyl groups excluding tert-OH is 1. The van der Waals surface area contributed by atoms with Gasteiger partial charge in [0.1, 0.15) is 0 Å². The maximum absolute atomic E-state index is 10.2. The summed E-state index contributed by atoms with van der Waals surface area (Å²) >= 11 is 0. The molecular formula is C12H24O3. The molecule has 1 aliphatic rings. The van der Waals surface area contributed by atoms with Gasteiger partial charge in [-0.1, -0.05) is 13.3 Å². The summed E-state index contributed by atoms with van der Waals surface area (Å²) in [6, 6.07) is 0. The molecule has 3 heteroatoms. The molecule has 2 atom stereocenters. The fraction of sp³-hybridized carbons (Fsp3) is 1.00. The number of ether oxygens (including phenoxy) is 2. The van der Waals surface area contributed by atoms with E-state index in [2.05, 4.69) is 6.92 Å². The first kappa shape index (κ1) is 12.9. The summed E-state index contributed by atoms with van der Waals surface area (Å²) in [6.07, 6.45) is 3.65. The van der Waals surface area contributed by atoms with Gasteiger partial charge >= 0.3 is 0 Å². The number of aliphatic hydroxyl groups is 1. The predicted octanol–water partition coefficient (Wildman–Crippen LogP) is 1.98. The lowest BCUT2D eigenvalue weighted by Crippen LogP contribution is -2.38. The van der Waals surface area contributed by atoms with Crippen molar-refractivity contribution >= 4 is 0 Å². The SMILES string of the molecule is CCCC(OCC)C(O)C1CCOCC1. The average molecular weight is 216 g/mol. The summed E-state index contributed by atoms with van der Waals surface area (Å²) in [6.45, 7) is 6.37. The zero-order valence-corrected chi connectivity index (χ0v) is 9.95. The molecule has 0 aromatic rings. The Morgan fingerprint density at radius 1 is 1.33 bits per heavy atom. The summed E-state index contributed by atoms with van der Waals surface area (Å²) in [5, 5.41) is 10.2. The number of hydrogen-bond acceptors (Lipinski definition) is 3. The van der Waals surface area contributed by atoms with Crippen LogP contribution in [0.3, 0.4) is 0 Å². The maximum Gasteiger partial charge on any atom is 0.0836 e. The van der Waals surface area contributed by atoms with Crippen molar-refractivity contribution < 1.29 is 14.6 Å². The first-order valence-electron chi connectivity index (χ1n) is 6.17. The van der Waals surface area contributed by atoms with Gasteiger partial charge in [-0.3, -0.25) is 0 Å². The van der Waals surface area contributed by atoms with E-state index in [1.807, 2.05) is 6.92 Å². The van der Waals surface area contributed by atoms with E-state index < -0.39 is 0 Å². The Morgan fingerprint density at radius 3 is 2.53 bits per heavy atom. The highest BCUT2D eigenvalue weighted by Crippen LogP contribution is 2.24. The summed E-state index contributed by atoms with van der Waals surface area (Å²) in [4.78, 5) is 0. The van der Waals surface area contributed by atoms with Crippen molar-refractivity contribution in [3.63, 3.8) is 0 Å². The van der Waals surface area contributed by atoms with Crippen LogP contribution >= 0.6 is 0 Å². The van der Waals surface area contributed by atoms with Gasteiger partial charge in [0, 0.05) is 19.8 Å². The number of hydrogen-bond donors (Lipinski definition) is 1. The third kappa shape index (κ3) is 4.09. The highest BCUT2D eigenvalue weighted by atomic mass is 16.5. The average Bonchev–Trinajstić information content (AvgIpc) is 2.29. The minimum atomic E-state index is -0.311. The molecule has 1 heterocycles. The third-order valence-electron chi connectivity index (χ3n) is 3.08. The molecule has 1 saturated heterocycles. The van der Waals surface area contributed by atoms with E-state index in [1.165, 1.54) is 0 Å². The molecule has 15 heavy (non-hydrogen) atoms. The van der Waals surface area contributed by atoms with Gasteiger partial charge in [-0.05, 0) is 32.1 Å². The zero-order valence-electron chi connectivity index (χ0n) is 9.95. The normalized spacial score (nSPS) is 22.6. The van der Waals surface area contributed by atoms with E-state index in [9.17, 15) is 5.11 Å². The first-order chi connectivity index (χ1) is 7.29. The van der Waals surface area contributed by atoms with E-state index in [-0.39, 0.29) is 12.2 Å². The van der Waals surface area contributed by atoms with E-state index in [0.717, 1.165) is 38.9 Å². The molecule has 90 valence electrons. The maximum atomic E-state index is 10.2. The van der Waals surface area contributed by atoms with Crippen molar-refractivity contribution in [2.24, 2.45) is 5.92 Å². The summed E-state index contributed by atoms with van der Waals surface area (Å²) in [5.41, 5.74) is 0. The molecule has 1 rings (SSSR count). The van der Waals surface area contributed by atoms with Crippen LogP contribution in [0.1, 0.15) is 39.5 Å². The van der Waals surface area contributed by atoms with Crippen LogP contribution in [0.4, 0.5) is 0 Å². The molecule has 0 amide bonds. The van der Waals surface area contributed by atoms with Crippen LogP contribution in [0.5, 0.6) is 0 Å². The highest BCUT2D eigenvalue weighted by molar-refractivity contribution is 4.78. The van der Waals surface area contributed by atoms with Gasteiger partial charge in [0.25, 0.3) is 0 Å². The Morgan fingerprint density at radius 2 is 2.00 bits per heavy atom. The van der Waals surface area contributed by atoms with Gasteiger partial charge in [-0.2, -0.15) is 0 Å². The third-order valence-corrected chi connectivity index (χ3v) is 3.08. The zero-order chi connectivity index (χ0) is 11.1. The van der Waals surface area contributed by atoms with Gasteiger partial charge in [-0.15, -0.1) is 0 Å². The van der Waals surface area contributed by atoms with E-state index in [1.54, 1.807) is 0 Å². The van der Waals surface area contributed by atoms with E-state index in [0.29, 0.717) is 12.5 Å². The minimum absolute atomic E-state index is 0.0168. The highest BCUT2D eigenvalue weighted by Gasteiger charge is 2.28. The molecule has 0 aromatic carbocycles. The Balaban J connectivity index is 2.41. The molecule has 0 saturated carbocycles. The second-order valence-corrected chi connectivity index (χ2v) is 4.22. The van der Waals surface area contributed by atoms with Crippen molar-refractivity contribution in [1.29, 1.82) is 0 Å². The molecule has 0 spiro atoms. The van der Waals surface area contributed by atoms with Crippen molar-refractivity contribution in [2.45, 2.75) is 51.7 Å². The lowest BCUT2D eigenvalue weighted by molar-refractivity contribution is -0.0833. The second kappa shape index (κ2) is 7.20. The molecule has 0 bridgehead atoms. The smallest absolute Gasteiger partial charge is 0.0836 e. The molecular weight excluding hydrogens is 192 g/mol. The Bertz CT molecular complexity index is 149. The Labute approximate surface area is 92.8 Å². The Hall–Kier alpha value is -0.120. The van der Waals surface area contributed by atoms with E-state index in [4.69, 9.17) is 9.47 Å². The van der Waals surface area contributed by atoms with Crippen LogP contribution < -0.4 is 0 Å². The lowest BCUT2D eigenvalue weighted by Gasteiger charge is -2.32. The van der Waals surface area contributed by atoms with Crippen LogP contribution in [-0.2, 0) is 9.47 Å². The molecule has 0 aliphatic carbocycles. The van der Waals surface area contributed by atoms with Crippen LogP contribution in [0.2, 0.25) is 0 Å². The molecule has 0 radical (unpaired) electrons. The topological polar surface area (TPSA) is 38.7 Å². The monoisotopic (exact) mass is 216 g/mol. The van der Waals surface area contributed by atoms with Crippen LogP contribution in [0.15, 0.2) is 0 Å². The summed E-state index contributed by atoms with van der Waals surface area (Å²) in [7, 11) is 0. The van der Waals surface area contributed by atoms with Crippen molar-refractivity contribution in [2.75, 3.05) is 19.8 Å². The van der Waals surface area contributed by atoms with Gasteiger partial charge in [0.05, 0.1) is 12.2 Å². The molecule has 1 N–H and O–H groups in total. The van der Waals surface area contributed by atoms with Crippen molar-refractivity contribution in [3.8, 4) is 0 Å². The quantitative estimate of drug-likeness (QED) is 0.738. The van der Waals surface area contributed by atoms with Gasteiger partial charge < -0.3 is 14.6 Å². The fourth-order valence-electron chi connectivity index (χ4n) is 2.21. The largest absolute Gasteiger partial charge is 0.390 e. The summed E-state index contributed by atoms with van der Waals surface area (Å²) in [5.74, 6) is 0.363. The number of rotatable bonds is 6. The Kier molecular flexibility index (Phi) is 6.22. The fourth-order valence-corrected chi connectivity index (χ4v) is 2.21. The molecule has 1 aliphatic heterocycles. The van der Waals surface area contributed by atoms with Crippen molar-refractivity contribution in [3.05, 3.63) is 0 Å². The van der Waals surface area contributed by atoms with Gasteiger partial charge in [0.2, 0.25) is 0 Å². The molecule has 3 nitrogen and oxygen atoms in total. The lowest BCUT2D eigenvalue weighted by atomic mass is 9.89. The molecule has 2 unspecified atom stereocenters. The van der Waals surface area contributed by atoms with Crippen LogP contribution in [0.25, 0.3) is 0 Å². The minimum Gasteiger partial charge on any atom is -0.390 e. The van der Waals surface area contributed by atoms with Gasteiger partial charge in [0.15, 0.2) is 0 Å².